The van der Waals surface area contributed by atoms with Gasteiger partial charge in [-0.1, -0.05) is 44.4 Å². The van der Waals surface area contributed by atoms with Crippen LogP contribution in [0.3, 0.4) is 0 Å². The Hall–Kier alpha value is -1.52. The molecule has 4 N–H and O–H groups in total. The van der Waals surface area contributed by atoms with Gasteiger partial charge in [-0.3, -0.25) is 4.79 Å². The SMILES string of the molecule is CCc1cccc2c(CCNC(=O)C3(N)CCCCC3)c[nH]c12.Cl. The second-order valence-electron chi connectivity index (χ2n) is 6.73. The summed E-state index contributed by atoms with van der Waals surface area (Å²) in [5.41, 5.74) is 9.44. The minimum atomic E-state index is -0.645. The van der Waals surface area contributed by atoms with Crippen molar-refractivity contribution in [3.05, 3.63) is 35.5 Å². The Kier molecular flexibility index (Phi) is 6.30. The number of para-hydroxylation sites is 1. The zero-order valence-electron chi connectivity index (χ0n) is 14.4. The van der Waals surface area contributed by atoms with E-state index in [-0.39, 0.29) is 18.3 Å². The van der Waals surface area contributed by atoms with Crippen LogP contribution in [-0.4, -0.2) is 23.0 Å². The minimum absolute atomic E-state index is 0. The minimum Gasteiger partial charge on any atom is -0.361 e. The third-order valence-corrected chi connectivity index (χ3v) is 5.15. The molecule has 24 heavy (non-hydrogen) atoms. The maximum Gasteiger partial charge on any atom is 0.240 e. The third kappa shape index (κ3) is 3.76. The van der Waals surface area contributed by atoms with Crippen molar-refractivity contribution in [2.45, 2.75) is 57.4 Å². The summed E-state index contributed by atoms with van der Waals surface area (Å²) < 4.78 is 0. The molecule has 0 bridgehead atoms. The number of nitrogens with two attached hydrogens (primary N) is 1. The molecule has 132 valence electrons. The second kappa shape index (κ2) is 8.04. The van der Waals surface area contributed by atoms with Crippen LogP contribution in [0.1, 0.15) is 50.2 Å². The molecular formula is C19H28ClN3O. The van der Waals surface area contributed by atoms with E-state index in [0.29, 0.717) is 6.54 Å². The molecule has 4 nitrogen and oxygen atoms in total. The molecule has 3 rings (SSSR count). The van der Waals surface area contributed by atoms with Crippen molar-refractivity contribution in [1.82, 2.24) is 10.3 Å². The van der Waals surface area contributed by atoms with Crippen LogP contribution in [0.2, 0.25) is 0 Å². The Morgan fingerprint density at radius 1 is 1.25 bits per heavy atom. The highest BCUT2D eigenvalue weighted by Gasteiger charge is 2.34. The Morgan fingerprint density at radius 2 is 2.00 bits per heavy atom. The summed E-state index contributed by atoms with van der Waals surface area (Å²) in [5.74, 6) is 0.0197. The molecule has 2 aromatic rings. The highest BCUT2D eigenvalue weighted by atomic mass is 35.5. The molecule has 5 heteroatoms. The number of carbonyl (C=O) groups is 1. The van der Waals surface area contributed by atoms with Crippen LogP contribution in [0.25, 0.3) is 10.9 Å². The van der Waals surface area contributed by atoms with Gasteiger partial charge in [-0.2, -0.15) is 0 Å². The maximum absolute atomic E-state index is 12.4. The summed E-state index contributed by atoms with van der Waals surface area (Å²) in [7, 11) is 0. The summed E-state index contributed by atoms with van der Waals surface area (Å²) in [6.45, 7) is 2.81. The zero-order valence-corrected chi connectivity index (χ0v) is 15.2. The molecule has 1 saturated carbocycles. The maximum atomic E-state index is 12.4. The van der Waals surface area contributed by atoms with Gasteiger partial charge in [0.15, 0.2) is 0 Å². The van der Waals surface area contributed by atoms with E-state index in [2.05, 4.69) is 41.6 Å². The molecule has 0 atom stereocenters. The highest BCUT2D eigenvalue weighted by molar-refractivity contribution is 5.87. The smallest absolute Gasteiger partial charge is 0.240 e. The number of halogens is 1. The molecule has 1 aromatic heterocycles. The summed E-state index contributed by atoms with van der Waals surface area (Å²) in [6.07, 6.45) is 8.85. The zero-order chi connectivity index (χ0) is 16.3. The molecule has 1 heterocycles. The van der Waals surface area contributed by atoms with Crippen LogP contribution in [0.5, 0.6) is 0 Å². The first-order chi connectivity index (χ1) is 11.1. The Labute approximate surface area is 150 Å². The number of amides is 1. The fraction of sp³-hybridized carbons (Fsp3) is 0.526. The van der Waals surface area contributed by atoms with E-state index in [0.717, 1.165) is 38.5 Å². The van der Waals surface area contributed by atoms with Gasteiger partial charge >= 0.3 is 0 Å². The van der Waals surface area contributed by atoms with Crippen LogP contribution in [-0.2, 0) is 17.6 Å². The molecule has 0 unspecified atom stereocenters. The molecule has 1 amide bonds. The topological polar surface area (TPSA) is 70.9 Å². The van der Waals surface area contributed by atoms with E-state index in [9.17, 15) is 4.79 Å². The number of carbonyl (C=O) groups excluding carboxylic acids is 1. The summed E-state index contributed by atoms with van der Waals surface area (Å²) >= 11 is 0. The third-order valence-electron chi connectivity index (χ3n) is 5.15. The normalized spacial score (nSPS) is 16.6. The lowest BCUT2D eigenvalue weighted by Gasteiger charge is -2.31. The van der Waals surface area contributed by atoms with Gasteiger partial charge < -0.3 is 16.0 Å². The quantitative estimate of drug-likeness (QED) is 0.773. The van der Waals surface area contributed by atoms with E-state index in [1.165, 1.54) is 28.5 Å². The van der Waals surface area contributed by atoms with Gasteiger partial charge in [-0.15, -0.1) is 12.4 Å². The van der Waals surface area contributed by atoms with Gasteiger partial charge in [0.05, 0.1) is 5.54 Å². The standard InChI is InChI=1S/C19H27N3O.ClH/c1-2-14-7-6-8-16-15(13-22-17(14)16)9-12-21-18(23)19(20)10-4-3-5-11-19;/h6-8,13,22H,2-5,9-12,20H2,1H3,(H,21,23);1H. The number of fused-ring (bicyclic) bond motifs is 1. The lowest BCUT2D eigenvalue weighted by Crippen LogP contribution is -2.55. The molecule has 1 aliphatic rings. The molecule has 0 spiro atoms. The van der Waals surface area contributed by atoms with E-state index in [4.69, 9.17) is 5.73 Å². The number of aryl methyl sites for hydroxylation is 1. The fourth-order valence-corrected chi connectivity index (χ4v) is 3.67. The van der Waals surface area contributed by atoms with E-state index >= 15 is 0 Å². The Balaban J connectivity index is 0.00000208. The molecule has 0 radical (unpaired) electrons. The molecule has 1 aliphatic carbocycles. The average molecular weight is 350 g/mol. The number of benzene rings is 1. The Morgan fingerprint density at radius 3 is 2.71 bits per heavy atom. The van der Waals surface area contributed by atoms with Gasteiger partial charge in [-0.25, -0.2) is 0 Å². The van der Waals surface area contributed by atoms with Gasteiger partial charge in [0.25, 0.3) is 0 Å². The highest BCUT2D eigenvalue weighted by Crippen LogP contribution is 2.26. The van der Waals surface area contributed by atoms with Gasteiger partial charge in [-0.05, 0) is 36.8 Å². The molecule has 0 saturated heterocycles. The van der Waals surface area contributed by atoms with Gasteiger partial charge in [0.1, 0.15) is 0 Å². The number of hydrogen-bond donors (Lipinski definition) is 3. The second-order valence-corrected chi connectivity index (χ2v) is 6.73. The van der Waals surface area contributed by atoms with Crippen LogP contribution in [0.15, 0.2) is 24.4 Å². The monoisotopic (exact) mass is 349 g/mol. The lowest BCUT2D eigenvalue weighted by molar-refractivity contribution is -0.127. The van der Waals surface area contributed by atoms with E-state index in [1.807, 2.05) is 0 Å². The first kappa shape index (κ1) is 18.8. The predicted molar refractivity (Wildman–Crippen MR) is 102 cm³/mol. The molecular weight excluding hydrogens is 322 g/mol. The van der Waals surface area contributed by atoms with E-state index in [1.54, 1.807) is 0 Å². The molecule has 1 fully saturated rings. The van der Waals surface area contributed by atoms with Crippen molar-refractivity contribution in [2.75, 3.05) is 6.54 Å². The van der Waals surface area contributed by atoms with Crippen LogP contribution < -0.4 is 11.1 Å². The Bertz CT molecular complexity index is 689. The van der Waals surface area contributed by atoms with Crippen molar-refractivity contribution < 1.29 is 4.79 Å². The van der Waals surface area contributed by atoms with Crippen molar-refractivity contribution in [3.8, 4) is 0 Å². The predicted octanol–water partition coefficient (Wildman–Crippen LogP) is 3.47. The van der Waals surface area contributed by atoms with Gasteiger partial charge in [0.2, 0.25) is 5.91 Å². The van der Waals surface area contributed by atoms with Crippen molar-refractivity contribution in [2.24, 2.45) is 5.73 Å². The number of nitrogens with one attached hydrogen (secondary N) is 2. The number of H-pyrrole nitrogens is 1. The van der Waals surface area contributed by atoms with Crippen molar-refractivity contribution in [1.29, 1.82) is 0 Å². The van der Waals surface area contributed by atoms with E-state index < -0.39 is 5.54 Å². The first-order valence-electron chi connectivity index (χ1n) is 8.79. The van der Waals surface area contributed by atoms with Crippen LogP contribution >= 0.6 is 12.4 Å². The molecule has 0 aliphatic heterocycles. The fourth-order valence-electron chi connectivity index (χ4n) is 3.67. The van der Waals surface area contributed by atoms with Crippen LogP contribution in [0, 0.1) is 0 Å². The lowest BCUT2D eigenvalue weighted by atomic mass is 9.82. The number of rotatable bonds is 5. The number of aromatic amines is 1. The average Bonchev–Trinajstić information content (AvgIpc) is 2.98. The summed E-state index contributed by atoms with van der Waals surface area (Å²) in [4.78, 5) is 15.7. The first-order valence-corrected chi connectivity index (χ1v) is 8.79. The van der Waals surface area contributed by atoms with Crippen molar-refractivity contribution in [3.63, 3.8) is 0 Å². The summed E-state index contributed by atoms with van der Waals surface area (Å²) in [6, 6.07) is 6.41. The number of aromatic nitrogens is 1. The summed E-state index contributed by atoms with van der Waals surface area (Å²) in [5, 5.41) is 4.31. The number of hydrogen-bond acceptors (Lipinski definition) is 2. The van der Waals surface area contributed by atoms with Crippen LogP contribution in [0.4, 0.5) is 0 Å². The molecule has 1 aromatic carbocycles. The van der Waals surface area contributed by atoms with Crippen molar-refractivity contribution >= 4 is 29.2 Å². The van der Waals surface area contributed by atoms with Gasteiger partial charge in [0, 0.05) is 23.6 Å². The largest absolute Gasteiger partial charge is 0.361 e.